The summed E-state index contributed by atoms with van der Waals surface area (Å²) in [7, 11) is 6.44. The van der Waals surface area contributed by atoms with E-state index in [4.69, 9.17) is 9.84 Å². The summed E-state index contributed by atoms with van der Waals surface area (Å²) in [6.45, 7) is -0.991. The summed E-state index contributed by atoms with van der Waals surface area (Å²) in [4.78, 5) is 11.5. The molecule has 4 heterocycles. The Morgan fingerprint density at radius 2 is 1.88 bits per heavy atom. The van der Waals surface area contributed by atoms with Gasteiger partial charge in [0.1, 0.15) is 5.75 Å². The molecule has 0 atom stereocenters. The van der Waals surface area contributed by atoms with Crippen LogP contribution in [0, 0.1) is 6.92 Å². The van der Waals surface area contributed by atoms with Gasteiger partial charge in [-0.15, -0.1) is 11.3 Å². The molecule has 10 heteroatoms. The first-order valence-electron chi connectivity index (χ1n) is 14.2. The van der Waals surface area contributed by atoms with Crippen molar-refractivity contribution < 1.29 is 32.2 Å². The highest BCUT2D eigenvalue weighted by Gasteiger charge is 2.54. The molecule has 0 bridgehead atoms. The topological polar surface area (TPSA) is 54.5 Å². The molecule has 2 aromatic heterocycles. The van der Waals surface area contributed by atoms with Gasteiger partial charge in [-0.1, -0.05) is 24.3 Å². The molecule has 1 N–H and O–H groups in total. The lowest BCUT2D eigenvalue weighted by atomic mass is 9.88. The van der Waals surface area contributed by atoms with E-state index in [1.807, 2.05) is 60.9 Å². The van der Waals surface area contributed by atoms with Gasteiger partial charge in [0, 0.05) is 42.0 Å². The smallest absolute Gasteiger partial charge is 0.494 e. The van der Waals surface area contributed by atoms with Gasteiger partial charge in [-0.25, -0.2) is 0 Å². The second-order valence-electron chi connectivity index (χ2n) is 11.9. The molecule has 42 heavy (non-hydrogen) atoms. The summed E-state index contributed by atoms with van der Waals surface area (Å²) in [6.07, 6.45) is 9.60. The van der Waals surface area contributed by atoms with Crippen molar-refractivity contribution in [2.45, 2.75) is 32.6 Å². The molecule has 0 radical (unpaired) electrons. The molecule has 0 saturated carbocycles. The predicted octanol–water partition coefficient (Wildman–Crippen LogP) is 6.78. The van der Waals surface area contributed by atoms with Crippen LogP contribution in [0.3, 0.4) is 0 Å². The average molecular weight is 593 g/mol. The maximum Gasteiger partial charge on any atom is 0.737 e. The molecule has 6 nitrogen and oxygen atoms in total. The highest BCUT2D eigenvalue weighted by atomic mass is 32.1. The van der Waals surface area contributed by atoms with E-state index in [9.17, 15) is 4.79 Å². The number of ether oxygens (including phenoxy) is 1. The first-order valence-corrected chi connectivity index (χ1v) is 15.1. The van der Waals surface area contributed by atoms with Gasteiger partial charge in [0.05, 0.1) is 39.2 Å². The Balaban J connectivity index is 1.44. The van der Waals surface area contributed by atoms with Crippen molar-refractivity contribution in [3.05, 3.63) is 92.6 Å². The average Bonchev–Trinajstić information content (AvgIpc) is 3.64. The quantitative estimate of drug-likeness (QED) is 0.143. The molecule has 1 aromatic carbocycles. The number of carboxylic acids is 1. The second-order valence-corrected chi connectivity index (χ2v) is 12.8. The number of aliphatic carboxylic acids is 1. The Hall–Kier alpha value is -3.76. The molecular weight excluding hydrogens is 555 g/mol. The minimum absolute atomic E-state index is 0.0582. The van der Waals surface area contributed by atoms with Crippen LogP contribution in [0.4, 0.5) is 8.63 Å². The summed E-state index contributed by atoms with van der Waals surface area (Å²) in [6, 6.07) is 12.9. The monoisotopic (exact) mass is 592 g/mol. The van der Waals surface area contributed by atoms with Crippen molar-refractivity contribution in [3.63, 3.8) is 0 Å². The molecule has 220 valence electrons. The van der Waals surface area contributed by atoms with Crippen LogP contribution in [0.1, 0.15) is 53.1 Å². The molecular formula is C32H37BF2N3O3S+. The SMILES string of the molecule is Cc1cc(/C=C/c2ccc(OCCCC(=O)O)cc2)n2c1C=C1C(CCC[N+](C)(C)C)=CC(c3cccs3)=[N+]1[B-]2(F)F. The lowest BCUT2D eigenvalue weighted by Gasteiger charge is -2.31. The summed E-state index contributed by atoms with van der Waals surface area (Å²) in [5.41, 5.74) is 4.77. The van der Waals surface area contributed by atoms with Gasteiger partial charge < -0.3 is 31.9 Å². The Morgan fingerprint density at radius 3 is 2.55 bits per heavy atom. The van der Waals surface area contributed by atoms with Crippen LogP contribution in [0.2, 0.25) is 0 Å². The Labute approximate surface area is 249 Å². The van der Waals surface area contributed by atoms with Gasteiger partial charge in [-0.3, -0.25) is 4.79 Å². The van der Waals surface area contributed by atoms with Crippen molar-refractivity contribution in [1.29, 1.82) is 0 Å². The fraction of sp³-hybridized carbons (Fsp3) is 0.312. The normalized spacial score (nSPS) is 16.0. The van der Waals surface area contributed by atoms with Gasteiger partial charge in [0.2, 0.25) is 0 Å². The molecule has 0 fully saturated rings. The van der Waals surface area contributed by atoms with E-state index in [0.717, 1.165) is 45.4 Å². The van der Waals surface area contributed by atoms with E-state index in [0.29, 0.717) is 41.6 Å². The van der Waals surface area contributed by atoms with E-state index in [-0.39, 0.29) is 6.42 Å². The van der Waals surface area contributed by atoms with E-state index in [1.165, 1.54) is 20.3 Å². The predicted molar refractivity (Wildman–Crippen MR) is 167 cm³/mol. The van der Waals surface area contributed by atoms with Crippen molar-refractivity contribution in [3.8, 4) is 5.75 Å². The maximum absolute atomic E-state index is 16.7. The number of benzene rings is 1. The lowest BCUT2D eigenvalue weighted by molar-refractivity contribution is -0.870. The number of halogens is 2. The number of hydrogen-bond acceptors (Lipinski definition) is 3. The van der Waals surface area contributed by atoms with Gasteiger partial charge in [-0.2, -0.15) is 0 Å². The zero-order chi connectivity index (χ0) is 30.1. The van der Waals surface area contributed by atoms with Gasteiger partial charge in [0.15, 0.2) is 11.4 Å². The standard InChI is InChI=1S/C32H36BF2N3O3S/c1-23-20-26(14-11-24-12-15-27(16-13-24)41-18-6-10-32(39)40)36-28(23)22-29-25(8-5-17-38(2,3)4)21-30(31-9-7-19-42-31)37(29)33(36,34)35/h7,9,11-16,19-22H,5-6,8,10,17-18H2,1-4H3/p+1/b14-11+. The third-order valence-corrected chi connectivity index (χ3v) is 8.43. The minimum atomic E-state index is -4.16. The molecule has 0 unspecified atom stereocenters. The van der Waals surface area contributed by atoms with E-state index in [2.05, 4.69) is 21.1 Å². The van der Waals surface area contributed by atoms with Crippen LogP contribution >= 0.6 is 11.3 Å². The molecule has 0 amide bonds. The summed E-state index contributed by atoms with van der Waals surface area (Å²) < 4.78 is 42.3. The number of carboxylic acid groups (broad SMARTS) is 1. The maximum atomic E-state index is 16.7. The van der Waals surface area contributed by atoms with Crippen LogP contribution < -0.4 is 4.74 Å². The van der Waals surface area contributed by atoms with Crippen LogP contribution in [0.25, 0.3) is 18.2 Å². The number of rotatable bonds is 12. The summed E-state index contributed by atoms with van der Waals surface area (Å²) in [5.74, 6) is -0.213. The largest absolute Gasteiger partial charge is 0.737 e. The van der Waals surface area contributed by atoms with E-state index >= 15 is 8.63 Å². The fourth-order valence-corrected chi connectivity index (χ4v) is 6.26. The number of aromatic nitrogens is 1. The first-order chi connectivity index (χ1) is 19.9. The van der Waals surface area contributed by atoms with Crippen molar-refractivity contribution in [2.75, 3.05) is 34.3 Å². The molecule has 2 aliphatic rings. The van der Waals surface area contributed by atoms with Crippen molar-refractivity contribution in [1.82, 2.24) is 4.48 Å². The highest BCUT2D eigenvalue weighted by Crippen LogP contribution is 2.40. The highest BCUT2D eigenvalue weighted by molar-refractivity contribution is 7.12. The van der Waals surface area contributed by atoms with Gasteiger partial charge in [-0.05, 0) is 66.6 Å². The molecule has 5 rings (SSSR count). The van der Waals surface area contributed by atoms with Gasteiger partial charge >= 0.3 is 12.9 Å². The lowest BCUT2D eigenvalue weighted by Crippen LogP contribution is -2.51. The number of nitrogens with zero attached hydrogens (tertiary/aromatic N) is 3. The van der Waals surface area contributed by atoms with E-state index < -0.39 is 12.9 Å². The fourth-order valence-electron chi connectivity index (χ4n) is 5.52. The molecule has 3 aromatic rings. The minimum Gasteiger partial charge on any atom is -0.494 e. The third-order valence-electron chi connectivity index (χ3n) is 7.54. The third kappa shape index (κ3) is 6.34. The Bertz CT molecular complexity index is 1590. The zero-order valence-electron chi connectivity index (χ0n) is 24.5. The Kier molecular flexibility index (Phi) is 8.39. The van der Waals surface area contributed by atoms with Gasteiger partial charge in [0.25, 0.3) is 0 Å². The Morgan fingerprint density at radius 1 is 1.12 bits per heavy atom. The summed E-state index contributed by atoms with van der Waals surface area (Å²) in [5, 5.41) is 10.7. The van der Waals surface area contributed by atoms with Crippen LogP contribution in [-0.4, -0.2) is 71.5 Å². The number of thiophene rings is 1. The van der Waals surface area contributed by atoms with Crippen LogP contribution in [0.5, 0.6) is 5.75 Å². The van der Waals surface area contributed by atoms with E-state index in [1.54, 1.807) is 18.2 Å². The molecule has 0 aliphatic carbocycles. The zero-order valence-corrected chi connectivity index (χ0v) is 25.3. The molecule has 0 saturated heterocycles. The number of allylic oxidation sites excluding steroid dienone is 2. The van der Waals surface area contributed by atoms with Crippen molar-refractivity contribution in [2.24, 2.45) is 0 Å². The number of carbonyl (C=O) groups is 1. The summed E-state index contributed by atoms with van der Waals surface area (Å²) >= 11 is 1.48. The van der Waals surface area contributed by atoms with Crippen molar-refractivity contribution >= 4 is 48.2 Å². The second kappa shape index (κ2) is 11.9. The first kappa shape index (κ1) is 29.7. The van der Waals surface area contributed by atoms with Crippen LogP contribution in [-0.2, 0) is 4.79 Å². The number of aryl methyl sites for hydroxylation is 1. The molecule has 0 spiro atoms. The molecule has 2 aliphatic heterocycles. The number of fused-ring (bicyclic) bond motifs is 2. The van der Waals surface area contributed by atoms with Crippen LogP contribution in [0.15, 0.2) is 65.2 Å². The number of hydrogen-bond donors (Lipinski definition) is 1. The number of quaternary nitrogens is 1.